The van der Waals surface area contributed by atoms with E-state index in [4.69, 9.17) is 14.3 Å². The Morgan fingerprint density at radius 2 is 1.48 bits per heavy atom. The van der Waals surface area contributed by atoms with Crippen LogP contribution in [0.3, 0.4) is 0 Å². The van der Waals surface area contributed by atoms with Crippen LogP contribution >= 0.6 is 0 Å². The van der Waals surface area contributed by atoms with E-state index in [1.807, 2.05) is 55.5 Å². The van der Waals surface area contributed by atoms with Gasteiger partial charge in [-0.1, -0.05) is 60.7 Å². The molecule has 4 aromatic rings. The summed E-state index contributed by atoms with van der Waals surface area (Å²) in [4.78, 5) is 47.7. The largest absolute Gasteiger partial charge is 0.493 e. The molecule has 40 heavy (non-hydrogen) atoms. The van der Waals surface area contributed by atoms with Gasteiger partial charge in [-0.05, 0) is 60.5 Å². The van der Waals surface area contributed by atoms with Crippen LogP contribution in [0.4, 0.5) is 11.4 Å². The fourth-order valence-corrected chi connectivity index (χ4v) is 5.29. The van der Waals surface area contributed by atoms with E-state index >= 15 is 0 Å². The Morgan fingerprint density at radius 1 is 0.800 bits per heavy atom. The minimum atomic E-state index is -1.00. The molecule has 0 radical (unpaired) electrons. The van der Waals surface area contributed by atoms with E-state index in [0.29, 0.717) is 28.3 Å². The lowest BCUT2D eigenvalue weighted by atomic mass is 9.90. The number of rotatable bonds is 6. The van der Waals surface area contributed by atoms with Crippen LogP contribution in [0.1, 0.15) is 27.5 Å². The van der Waals surface area contributed by atoms with Gasteiger partial charge in [0.1, 0.15) is 5.92 Å². The van der Waals surface area contributed by atoms with E-state index in [-0.39, 0.29) is 11.7 Å². The van der Waals surface area contributed by atoms with Gasteiger partial charge in [0.2, 0.25) is 5.91 Å². The fourth-order valence-electron chi connectivity index (χ4n) is 5.29. The first kappa shape index (κ1) is 25.3. The third-order valence-electron chi connectivity index (χ3n) is 7.22. The maximum absolute atomic E-state index is 13.9. The molecule has 6 rings (SSSR count). The minimum Gasteiger partial charge on any atom is -0.493 e. The summed E-state index contributed by atoms with van der Waals surface area (Å²) in [6.07, 6.45) is -1.00. The number of hydroxylamine groups is 1. The molecule has 0 spiro atoms. The Morgan fingerprint density at radius 3 is 2.17 bits per heavy atom. The molecule has 3 atom stereocenters. The van der Waals surface area contributed by atoms with Crippen LogP contribution in [0.5, 0.6) is 11.5 Å². The van der Waals surface area contributed by atoms with E-state index in [2.05, 4.69) is 0 Å². The average Bonchev–Trinajstić information content (AvgIpc) is 3.50. The fraction of sp³-hybridized carbons (Fsp3) is 0.156. The van der Waals surface area contributed by atoms with Crippen LogP contribution < -0.4 is 19.4 Å². The van der Waals surface area contributed by atoms with Crippen LogP contribution in [0.2, 0.25) is 0 Å². The van der Waals surface area contributed by atoms with Gasteiger partial charge in [-0.15, -0.1) is 0 Å². The van der Waals surface area contributed by atoms with Crippen molar-refractivity contribution >= 4 is 29.2 Å². The molecule has 0 unspecified atom stereocenters. The average molecular weight is 535 g/mol. The number of carbonyl (C=O) groups is 3. The Kier molecular flexibility index (Phi) is 6.53. The molecule has 2 fully saturated rings. The van der Waals surface area contributed by atoms with Gasteiger partial charge in [0.05, 0.1) is 30.1 Å². The van der Waals surface area contributed by atoms with Crippen molar-refractivity contribution in [3.63, 3.8) is 0 Å². The Balaban J connectivity index is 1.39. The lowest BCUT2D eigenvalue weighted by molar-refractivity contribution is -0.126. The first-order chi connectivity index (χ1) is 19.5. The van der Waals surface area contributed by atoms with Crippen LogP contribution in [-0.4, -0.2) is 31.0 Å². The van der Waals surface area contributed by atoms with Crippen LogP contribution in [0, 0.1) is 12.8 Å². The van der Waals surface area contributed by atoms with Crippen molar-refractivity contribution in [3.8, 4) is 11.5 Å². The summed E-state index contributed by atoms with van der Waals surface area (Å²) in [6, 6.07) is 29.7. The second kappa shape index (κ2) is 10.3. The number of carbonyl (C=O) groups excluding carboxylic acids is 3. The predicted octanol–water partition coefficient (Wildman–Crippen LogP) is 5.27. The molecule has 8 nitrogen and oxygen atoms in total. The lowest BCUT2D eigenvalue weighted by Gasteiger charge is -2.29. The van der Waals surface area contributed by atoms with E-state index in [1.165, 1.54) is 12.0 Å². The van der Waals surface area contributed by atoms with Crippen molar-refractivity contribution in [2.75, 3.05) is 17.1 Å². The third kappa shape index (κ3) is 4.28. The van der Waals surface area contributed by atoms with Gasteiger partial charge in [0, 0.05) is 0 Å². The number of fused-ring (bicyclic) bond motifs is 1. The minimum absolute atomic E-state index is 0.234. The van der Waals surface area contributed by atoms with Gasteiger partial charge >= 0.3 is 5.97 Å². The molecule has 2 saturated heterocycles. The van der Waals surface area contributed by atoms with Crippen molar-refractivity contribution in [2.24, 2.45) is 5.92 Å². The number of hydrogen-bond acceptors (Lipinski definition) is 7. The summed E-state index contributed by atoms with van der Waals surface area (Å²) in [7, 11) is 1.48. The maximum Gasteiger partial charge on any atom is 0.343 e. The first-order valence-electron chi connectivity index (χ1n) is 12.9. The number of anilines is 2. The second-order valence-corrected chi connectivity index (χ2v) is 9.62. The zero-order valence-electron chi connectivity index (χ0n) is 21.9. The SMILES string of the molecule is COc1cc([C@@H]2[C@H]3C(=O)N(c4ccccc4C)C(=O)[C@@H]3ON2c2ccccc2)ccc1OC(=O)c1ccccc1. The van der Waals surface area contributed by atoms with Crippen LogP contribution in [0.15, 0.2) is 103 Å². The molecule has 0 saturated carbocycles. The molecule has 0 aromatic heterocycles. The van der Waals surface area contributed by atoms with E-state index < -0.39 is 29.9 Å². The number of hydrogen-bond donors (Lipinski definition) is 0. The van der Waals surface area contributed by atoms with Crippen LogP contribution in [0.25, 0.3) is 0 Å². The molecule has 2 amide bonds. The molecule has 0 aliphatic carbocycles. The number of ether oxygens (including phenoxy) is 2. The molecule has 8 heteroatoms. The molecule has 4 aromatic carbocycles. The molecule has 0 N–H and O–H groups in total. The van der Waals surface area contributed by atoms with Gasteiger partial charge < -0.3 is 9.47 Å². The highest BCUT2D eigenvalue weighted by atomic mass is 16.7. The summed E-state index contributed by atoms with van der Waals surface area (Å²) in [6.45, 7) is 1.86. The summed E-state index contributed by atoms with van der Waals surface area (Å²) < 4.78 is 11.2. The van der Waals surface area contributed by atoms with Gasteiger partial charge in [-0.2, -0.15) is 0 Å². The quantitative estimate of drug-likeness (QED) is 0.189. The Bertz CT molecular complexity index is 1590. The number of nitrogens with zero attached hydrogens (tertiary/aromatic N) is 2. The Labute approximate surface area is 231 Å². The number of imide groups is 1. The predicted molar refractivity (Wildman–Crippen MR) is 148 cm³/mol. The Hall–Kier alpha value is -4.95. The van der Waals surface area contributed by atoms with E-state index in [1.54, 1.807) is 59.7 Å². The smallest absolute Gasteiger partial charge is 0.343 e. The van der Waals surface area contributed by atoms with E-state index in [0.717, 1.165) is 5.56 Å². The second-order valence-electron chi connectivity index (χ2n) is 9.62. The highest BCUT2D eigenvalue weighted by Gasteiger charge is 2.60. The highest BCUT2D eigenvalue weighted by Crippen LogP contribution is 2.49. The monoisotopic (exact) mass is 534 g/mol. The van der Waals surface area contributed by atoms with Crippen molar-refractivity contribution in [2.45, 2.75) is 19.1 Å². The van der Waals surface area contributed by atoms with Gasteiger partial charge in [0.15, 0.2) is 17.6 Å². The molecular weight excluding hydrogens is 508 g/mol. The zero-order chi connectivity index (χ0) is 27.8. The van der Waals surface area contributed by atoms with Crippen molar-refractivity contribution < 1.29 is 28.7 Å². The third-order valence-corrected chi connectivity index (χ3v) is 7.22. The number of methoxy groups -OCH3 is 1. The van der Waals surface area contributed by atoms with Crippen LogP contribution in [-0.2, 0) is 14.4 Å². The standard InChI is InChI=1S/C32H26N2O6/c1-20-11-9-10-16-24(20)33-30(35)27-28(34(40-29(27)31(33)36)23-14-7-4-8-15-23)22-17-18-25(26(19-22)38-2)39-32(37)21-12-5-3-6-13-21/h3-19,27-29H,1-2H3/t27-,28-,29-/m1/s1. The molecular formula is C32H26N2O6. The molecule has 2 heterocycles. The molecule has 2 aliphatic rings. The zero-order valence-corrected chi connectivity index (χ0v) is 21.9. The molecule has 0 bridgehead atoms. The summed E-state index contributed by atoms with van der Waals surface area (Å²) >= 11 is 0. The topological polar surface area (TPSA) is 85.4 Å². The van der Waals surface area contributed by atoms with Crippen molar-refractivity contribution in [1.82, 2.24) is 0 Å². The van der Waals surface area contributed by atoms with Gasteiger partial charge in [-0.3, -0.25) is 14.4 Å². The van der Waals surface area contributed by atoms with Gasteiger partial charge in [0.25, 0.3) is 5.91 Å². The summed E-state index contributed by atoms with van der Waals surface area (Å²) in [5.74, 6) is -1.54. The van der Waals surface area contributed by atoms with Crippen molar-refractivity contribution in [1.29, 1.82) is 0 Å². The van der Waals surface area contributed by atoms with E-state index in [9.17, 15) is 14.4 Å². The summed E-state index contributed by atoms with van der Waals surface area (Å²) in [5, 5.41) is 1.62. The number of para-hydroxylation sites is 2. The first-order valence-corrected chi connectivity index (χ1v) is 12.9. The molecule has 200 valence electrons. The highest BCUT2D eigenvalue weighted by molar-refractivity contribution is 6.24. The number of amides is 2. The number of aryl methyl sites for hydroxylation is 1. The normalized spacial score (nSPS) is 20.0. The van der Waals surface area contributed by atoms with Crippen molar-refractivity contribution in [3.05, 3.63) is 120 Å². The number of benzene rings is 4. The maximum atomic E-state index is 13.9. The molecule has 2 aliphatic heterocycles. The van der Waals surface area contributed by atoms with Gasteiger partial charge in [-0.25, -0.2) is 14.8 Å². The number of esters is 1. The lowest BCUT2D eigenvalue weighted by Crippen LogP contribution is -2.37. The summed E-state index contributed by atoms with van der Waals surface area (Å²) in [5.41, 5.74) is 3.12.